The Morgan fingerprint density at radius 1 is 1.19 bits per heavy atom. The number of rotatable bonds is 3. The molecular weight excluding hydrogens is 268 g/mol. The van der Waals surface area contributed by atoms with Gasteiger partial charge in [0.25, 0.3) is 0 Å². The molecule has 0 fully saturated rings. The molecule has 0 aliphatic rings. The number of hydrogen-bond donors (Lipinski definition) is 2. The van der Waals surface area contributed by atoms with Crippen LogP contribution in [0.15, 0.2) is 36.5 Å². The number of nitrogens with one attached hydrogen (secondary N) is 1. The van der Waals surface area contributed by atoms with E-state index < -0.39 is 5.97 Å². The third-order valence-electron chi connectivity index (χ3n) is 3.21. The standard InChI is InChI=1S/C15H14N4O2/c1-9-6-7-11(10(2)16-9)17-14-13(15(20)21)19-8-4-3-5-12(19)18-14/h3-8,17H,1-2H3,(H,20,21). The van der Waals surface area contributed by atoms with Crippen LogP contribution in [0.3, 0.4) is 0 Å². The number of fused-ring (bicyclic) bond motifs is 1. The van der Waals surface area contributed by atoms with Gasteiger partial charge in [-0.25, -0.2) is 9.78 Å². The van der Waals surface area contributed by atoms with Crippen molar-refractivity contribution in [1.29, 1.82) is 0 Å². The molecule has 2 N–H and O–H groups in total. The van der Waals surface area contributed by atoms with Gasteiger partial charge in [-0.3, -0.25) is 9.38 Å². The first kappa shape index (κ1) is 13.1. The molecule has 0 unspecified atom stereocenters. The van der Waals surface area contributed by atoms with Gasteiger partial charge in [0.05, 0.1) is 11.4 Å². The van der Waals surface area contributed by atoms with E-state index in [1.807, 2.05) is 32.0 Å². The first-order chi connectivity index (χ1) is 10.1. The van der Waals surface area contributed by atoms with Crippen molar-refractivity contribution >= 4 is 23.1 Å². The van der Waals surface area contributed by atoms with Crippen LogP contribution >= 0.6 is 0 Å². The van der Waals surface area contributed by atoms with Crippen molar-refractivity contribution in [3.05, 3.63) is 53.6 Å². The molecule has 3 aromatic heterocycles. The summed E-state index contributed by atoms with van der Waals surface area (Å²) in [5, 5.41) is 12.5. The van der Waals surface area contributed by atoms with Gasteiger partial charge in [-0.1, -0.05) is 6.07 Å². The summed E-state index contributed by atoms with van der Waals surface area (Å²) in [6.07, 6.45) is 1.68. The molecule has 0 aromatic carbocycles. The second-order valence-electron chi connectivity index (χ2n) is 4.75. The molecule has 0 aliphatic carbocycles. The number of anilines is 2. The number of aryl methyl sites for hydroxylation is 2. The molecule has 3 aromatic rings. The highest BCUT2D eigenvalue weighted by Crippen LogP contribution is 2.23. The molecule has 3 rings (SSSR count). The lowest BCUT2D eigenvalue weighted by molar-refractivity contribution is 0.0690. The lowest BCUT2D eigenvalue weighted by atomic mass is 10.2. The van der Waals surface area contributed by atoms with E-state index in [9.17, 15) is 9.90 Å². The second-order valence-corrected chi connectivity index (χ2v) is 4.75. The van der Waals surface area contributed by atoms with Gasteiger partial charge in [0.1, 0.15) is 5.65 Å². The maximum absolute atomic E-state index is 11.5. The van der Waals surface area contributed by atoms with Crippen molar-refractivity contribution in [1.82, 2.24) is 14.4 Å². The zero-order chi connectivity index (χ0) is 15.0. The van der Waals surface area contributed by atoms with Crippen molar-refractivity contribution in [2.45, 2.75) is 13.8 Å². The number of carboxylic acids is 1. The fraction of sp³-hybridized carbons (Fsp3) is 0.133. The SMILES string of the molecule is Cc1ccc(Nc2nc3ccccn3c2C(=O)O)c(C)n1. The number of carboxylic acid groups (broad SMARTS) is 1. The Morgan fingerprint density at radius 2 is 2.00 bits per heavy atom. The van der Waals surface area contributed by atoms with Crippen LogP contribution in [-0.4, -0.2) is 25.4 Å². The normalized spacial score (nSPS) is 10.8. The van der Waals surface area contributed by atoms with Gasteiger partial charge in [-0.15, -0.1) is 0 Å². The lowest BCUT2D eigenvalue weighted by Gasteiger charge is -2.08. The third-order valence-corrected chi connectivity index (χ3v) is 3.21. The van der Waals surface area contributed by atoms with Crippen LogP contribution in [0.4, 0.5) is 11.5 Å². The Balaban J connectivity index is 2.12. The van der Waals surface area contributed by atoms with E-state index in [0.29, 0.717) is 11.5 Å². The van der Waals surface area contributed by atoms with Gasteiger partial charge < -0.3 is 10.4 Å². The third kappa shape index (κ3) is 2.31. The van der Waals surface area contributed by atoms with Crippen LogP contribution in [0.5, 0.6) is 0 Å². The van der Waals surface area contributed by atoms with E-state index in [4.69, 9.17) is 0 Å². The number of aromatic carboxylic acids is 1. The van der Waals surface area contributed by atoms with Crippen LogP contribution in [0.2, 0.25) is 0 Å². The minimum atomic E-state index is -1.03. The highest BCUT2D eigenvalue weighted by atomic mass is 16.4. The predicted molar refractivity (Wildman–Crippen MR) is 79.1 cm³/mol. The highest BCUT2D eigenvalue weighted by Gasteiger charge is 2.19. The molecule has 21 heavy (non-hydrogen) atoms. The lowest BCUT2D eigenvalue weighted by Crippen LogP contribution is -2.06. The van der Waals surface area contributed by atoms with Crippen LogP contribution in [0.25, 0.3) is 5.65 Å². The molecule has 0 amide bonds. The number of nitrogens with zero attached hydrogens (tertiary/aromatic N) is 3. The molecule has 0 bridgehead atoms. The highest BCUT2D eigenvalue weighted by molar-refractivity contribution is 5.94. The summed E-state index contributed by atoms with van der Waals surface area (Å²) in [4.78, 5) is 20.2. The molecule has 6 nitrogen and oxygen atoms in total. The van der Waals surface area contributed by atoms with E-state index in [1.165, 1.54) is 0 Å². The molecule has 0 saturated carbocycles. The van der Waals surface area contributed by atoms with E-state index >= 15 is 0 Å². The summed E-state index contributed by atoms with van der Waals surface area (Å²) in [6.45, 7) is 3.77. The van der Waals surface area contributed by atoms with Gasteiger partial charge in [0.15, 0.2) is 11.5 Å². The predicted octanol–water partition coefficient (Wildman–Crippen LogP) is 2.79. The molecule has 106 valence electrons. The summed E-state index contributed by atoms with van der Waals surface area (Å²) in [7, 11) is 0. The molecular formula is C15H14N4O2. The van der Waals surface area contributed by atoms with Crippen molar-refractivity contribution in [2.75, 3.05) is 5.32 Å². The number of carbonyl (C=O) groups is 1. The molecule has 0 aliphatic heterocycles. The van der Waals surface area contributed by atoms with Crippen molar-refractivity contribution in [3.8, 4) is 0 Å². The Kier molecular flexibility index (Phi) is 3.06. The van der Waals surface area contributed by atoms with Crippen molar-refractivity contribution < 1.29 is 9.90 Å². The summed E-state index contributed by atoms with van der Waals surface area (Å²) in [5.41, 5.74) is 3.13. The molecule has 0 atom stereocenters. The number of aromatic nitrogens is 3. The quantitative estimate of drug-likeness (QED) is 0.772. The van der Waals surface area contributed by atoms with E-state index in [0.717, 1.165) is 17.1 Å². The summed E-state index contributed by atoms with van der Waals surface area (Å²) >= 11 is 0. The van der Waals surface area contributed by atoms with Gasteiger partial charge in [0, 0.05) is 11.9 Å². The van der Waals surface area contributed by atoms with Gasteiger partial charge >= 0.3 is 5.97 Å². The second kappa shape index (κ2) is 4.90. The number of pyridine rings is 2. The zero-order valence-corrected chi connectivity index (χ0v) is 11.7. The van der Waals surface area contributed by atoms with Gasteiger partial charge in [0.2, 0.25) is 0 Å². The smallest absolute Gasteiger partial charge is 0.356 e. The Labute approximate surface area is 121 Å². The maximum atomic E-state index is 11.5. The zero-order valence-electron chi connectivity index (χ0n) is 11.7. The van der Waals surface area contributed by atoms with Gasteiger partial charge in [-0.05, 0) is 38.1 Å². The van der Waals surface area contributed by atoms with Crippen molar-refractivity contribution in [3.63, 3.8) is 0 Å². The fourth-order valence-corrected chi connectivity index (χ4v) is 2.23. The van der Waals surface area contributed by atoms with Gasteiger partial charge in [-0.2, -0.15) is 0 Å². The Hall–Kier alpha value is -2.89. The topological polar surface area (TPSA) is 79.5 Å². The summed E-state index contributed by atoms with van der Waals surface area (Å²) in [6, 6.07) is 9.08. The molecule has 0 spiro atoms. The van der Waals surface area contributed by atoms with Crippen molar-refractivity contribution in [2.24, 2.45) is 0 Å². The largest absolute Gasteiger partial charge is 0.476 e. The minimum absolute atomic E-state index is 0.102. The van der Waals surface area contributed by atoms with E-state index in [2.05, 4.69) is 15.3 Å². The molecule has 0 saturated heterocycles. The average Bonchev–Trinajstić information content (AvgIpc) is 2.80. The molecule has 6 heteroatoms. The minimum Gasteiger partial charge on any atom is -0.476 e. The maximum Gasteiger partial charge on any atom is 0.356 e. The summed E-state index contributed by atoms with van der Waals surface area (Å²) < 4.78 is 1.54. The molecule has 3 heterocycles. The fourth-order valence-electron chi connectivity index (χ4n) is 2.23. The van der Waals surface area contributed by atoms with E-state index in [-0.39, 0.29) is 5.69 Å². The number of imidazole rings is 1. The van der Waals surface area contributed by atoms with Crippen LogP contribution in [0, 0.1) is 13.8 Å². The number of hydrogen-bond acceptors (Lipinski definition) is 4. The monoisotopic (exact) mass is 282 g/mol. The van der Waals surface area contributed by atoms with Crippen LogP contribution in [-0.2, 0) is 0 Å². The Morgan fingerprint density at radius 3 is 2.71 bits per heavy atom. The summed E-state index contributed by atoms with van der Waals surface area (Å²) in [5.74, 6) is -0.726. The first-order valence-electron chi connectivity index (χ1n) is 6.48. The average molecular weight is 282 g/mol. The van der Waals surface area contributed by atoms with Crippen LogP contribution < -0.4 is 5.32 Å². The first-order valence-corrected chi connectivity index (χ1v) is 6.48. The van der Waals surface area contributed by atoms with Crippen LogP contribution in [0.1, 0.15) is 21.9 Å². The Bertz CT molecular complexity index is 839. The van der Waals surface area contributed by atoms with E-state index in [1.54, 1.807) is 22.7 Å². The molecule has 0 radical (unpaired) electrons.